The van der Waals surface area contributed by atoms with E-state index in [1.807, 2.05) is 0 Å². The van der Waals surface area contributed by atoms with Gasteiger partial charge in [0.15, 0.2) is 0 Å². The second-order valence-corrected chi connectivity index (χ2v) is 1.07. The molecule has 1 rings (SSSR count). The largest absolute Gasteiger partial charge is 0.359 e. The van der Waals surface area contributed by atoms with Crippen LogP contribution in [0.15, 0.2) is 23.5 Å². The zero-order valence-corrected chi connectivity index (χ0v) is 3.76. The monoisotopic (exact) mass is 93.0 g/mol. The maximum Gasteiger partial charge on any atom is 0.0635 e. The smallest absolute Gasteiger partial charge is 0.0635 e. The molecule has 0 bridgehead atoms. The third-order valence-electron chi connectivity index (χ3n) is 0.571. The molecule has 1 radical (unpaired) electrons. The summed E-state index contributed by atoms with van der Waals surface area (Å²) >= 11 is 0. The molecule has 1 aliphatic rings. The lowest BCUT2D eigenvalue weighted by molar-refractivity contribution is 1.15. The van der Waals surface area contributed by atoms with Crippen molar-refractivity contribution >= 4 is 6.21 Å². The minimum atomic E-state index is 1.66. The van der Waals surface area contributed by atoms with Gasteiger partial charge < -0.3 is 5.32 Å². The highest BCUT2D eigenvalue weighted by Crippen LogP contribution is 1.74. The summed E-state index contributed by atoms with van der Waals surface area (Å²) in [5, 5.41) is 2.74. The van der Waals surface area contributed by atoms with Crippen LogP contribution in [0.1, 0.15) is 0 Å². The predicted octanol–water partition coefficient (Wildman–Crippen LogP) is 0.448. The van der Waals surface area contributed by atoms with Gasteiger partial charge in [0, 0.05) is 18.6 Å². The van der Waals surface area contributed by atoms with Crippen molar-refractivity contribution in [3.8, 4) is 0 Å². The maximum absolute atomic E-state index is 3.78. The number of nitrogens with one attached hydrogen (secondary N) is 1. The van der Waals surface area contributed by atoms with Crippen LogP contribution in [0.2, 0.25) is 0 Å². The first-order valence-corrected chi connectivity index (χ1v) is 2.01. The fraction of sp³-hybridized carbons (Fsp3) is 0. The van der Waals surface area contributed by atoms with E-state index >= 15 is 0 Å². The molecule has 0 unspecified atom stereocenters. The lowest BCUT2D eigenvalue weighted by atomic mass is 10.7. The van der Waals surface area contributed by atoms with Crippen LogP contribution < -0.4 is 5.32 Å². The molecule has 2 nitrogen and oxygen atoms in total. The fourth-order valence-corrected chi connectivity index (χ4v) is 0.307. The topological polar surface area (TPSA) is 24.4 Å². The van der Waals surface area contributed by atoms with Crippen LogP contribution in [0.4, 0.5) is 0 Å². The van der Waals surface area contributed by atoms with E-state index < -0.39 is 0 Å². The van der Waals surface area contributed by atoms with Gasteiger partial charge >= 0.3 is 0 Å². The molecule has 35 valence electrons. The normalized spacial score (nSPS) is 16.0. The highest BCUT2D eigenvalue weighted by Gasteiger charge is 1.69. The molecule has 0 spiro atoms. The van der Waals surface area contributed by atoms with Gasteiger partial charge in [-0.2, -0.15) is 0 Å². The summed E-state index contributed by atoms with van der Waals surface area (Å²) in [6.45, 7) is 0. The summed E-state index contributed by atoms with van der Waals surface area (Å²) in [5.41, 5.74) is 0. The fourth-order valence-electron chi connectivity index (χ4n) is 0.307. The summed E-state index contributed by atoms with van der Waals surface area (Å²) in [4.78, 5) is 3.78. The first kappa shape index (κ1) is 4.12. The Balaban J connectivity index is 2.60. The molecule has 0 aromatic rings. The van der Waals surface area contributed by atoms with E-state index in [1.54, 1.807) is 24.7 Å². The molecule has 0 aliphatic carbocycles. The van der Waals surface area contributed by atoms with E-state index in [-0.39, 0.29) is 0 Å². The van der Waals surface area contributed by atoms with Gasteiger partial charge in [0.2, 0.25) is 0 Å². The second kappa shape index (κ2) is 2.18. The Morgan fingerprint density at radius 2 is 2.57 bits per heavy atom. The summed E-state index contributed by atoms with van der Waals surface area (Å²) in [7, 11) is 0. The molecule has 1 heterocycles. The van der Waals surface area contributed by atoms with Crippen molar-refractivity contribution in [3.05, 3.63) is 24.7 Å². The summed E-state index contributed by atoms with van der Waals surface area (Å²) < 4.78 is 0. The van der Waals surface area contributed by atoms with Crippen molar-refractivity contribution in [2.24, 2.45) is 4.99 Å². The molecular formula is C5H5N2. The molecule has 0 saturated carbocycles. The Morgan fingerprint density at radius 1 is 1.57 bits per heavy atom. The van der Waals surface area contributed by atoms with Gasteiger partial charge in [0.25, 0.3) is 0 Å². The first-order chi connectivity index (χ1) is 3.50. The predicted molar refractivity (Wildman–Crippen MR) is 28.6 cm³/mol. The van der Waals surface area contributed by atoms with Gasteiger partial charge in [-0.05, 0) is 6.08 Å². The van der Waals surface area contributed by atoms with E-state index in [2.05, 4.69) is 16.5 Å². The molecule has 0 atom stereocenters. The van der Waals surface area contributed by atoms with Crippen molar-refractivity contribution in [2.45, 2.75) is 0 Å². The average molecular weight is 93.1 g/mol. The zero-order chi connectivity index (χ0) is 4.95. The molecule has 0 amide bonds. The van der Waals surface area contributed by atoms with Crippen molar-refractivity contribution in [3.63, 3.8) is 0 Å². The molecule has 1 aliphatic heterocycles. The van der Waals surface area contributed by atoms with Crippen LogP contribution in [0.25, 0.3) is 0 Å². The van der Waals surface area contributed by atoms with Gasteiger partial charge in [-0.1, -0.05) is 0 Å². The van der Waals surface area contributed by atoms with Gasteiger partial charge in [0.1, 0.15) is 0 Å². The molecule has 0 aromatic carbocycles. The van der Waals surface area contributed by atoms with Crippen LogP contribution in [-0.4, -0.2) is 6.21 Å². The van der Waals surface area contributed by atoms with E-state index in [9.17, 15) is 0 Å². The lowest BCUT2D eigenvalue weighted by Gasteiger charge is -1.76. The second-order valence-electron chi connectivity index (χ2n) is 1.07. The minimum absolute atomic E-state index is 1.66. The molecule has 0 saturated heterocycles. The number of aliphatic imine (C=N–C) groups is 1. The minimum Gasteiger partial charge on any atom is -0.359 e. The molecule has 0 fully saturated rings. The number of allylic oxidation sites excluding steroid dienone is 1. The van der Waals surface area contributed by atoms with Gasteiger partial charge in [0.05, 0.1) is 6.20 Å². The summed E-state index contributed by atoms with van der Waals surface area (Å²) in [5.74, 6) is 0. The zero-order valence-electron chi connectivity index (χ0n) is 3.76. The standard InChI is InChI=1S/C5H5N2/c1-2-6-4-5-7-3-1/h1-2,4-5,7H. The molecule has 0 aromatic heterocycles. The third-order valence-corrected chi connectivity index (χ3v) is 0.571. The van der Waals surface area contributed by atoms with Crippen LogP contribution >= 0.6 is 0 Å². The van der Waals surface area contributed by atoms with Crippen molar-refractivity contribution in [2.75, 3.05) is 0 Å². The molecule has 7 heavy (non-hydrogen) atoms. The summed E-state index contributed by atoms with van der Waals surface area (Å²) in [6.07, 6.45) is 9.48. The Hall–Kier alpha value is -1.05. The van der Waals surface area contributed by atoms with Crippen molar-refractivity contribution in [1.29, 1.82) is 0 Å². The Labute approximate surface area is 42.3 Å². The van der Waals surface area contributed by atoms with E-state index in [1.165, 1.54) is 0 Å². The van der Waals surface area contributed by atoms with Gasteiger partial charge in [-0.15, -0.1) is 0 Å². The van der Waals surface area contributed by atoms with Crippen LogP contribution in [0.3, 0.4) is 0 Å². The quantitative estimate of drug-likeness (QED) is 0.462. The number of nitrogens with zero attached hydrogens (tertiary/aromatic N) is 1. The van der Waals surface area contributed by atoms with E-state index in [0.29, 0.717) is 0 Å². The number of hydrogen-bond donors (Lipinski definition) is 1. The van der Waals surface area contributed by atoms with Crippen LogP contribution in [-0.2, 0) is 0 Å². The lowest BCUT2D eigenvalue weighted by Crippen LogP contribution is -1.89. The molecule has 1 N–H and O–H groups in total. The highest BCUT2D eigenvalue weighted by atomic mass is 14.8. The number of rotatable bonds is 0. The first-order valence-electron chi connectivity index (χ1n) is 2.01. The molecular weight excluding hydrogens is 88.1 g/mol. The summed E-state index contributed by atoms with van der Waals surface area (Å²) in [6, 6.07) is 0. The Morgan fingerprint density at radius 3 is 3.57 bits per heavy atom. The van der Waals surface area contributed by atoms with E-state index in [4.69, 9.17) is 0 Å². The Kier molecular flexibility index (Phi) is 1.28. The van der Waals surface area contributed by atoms with Crippen LogP contribution in [0, 0.1) is 6.20 Å². The number of hydrogen-bond acceptors (Lipinski definition) is 2. The molecule has 2 heteroatoms. The van der Waals surface area contributed by atoms with Gasteiger partial charge in [-0.25, -0.2) is 0 Å². The third kappa shape index (κ3) is 1.22. The SMILES string of the molecule is [C]1=CC=NC=CN1. The van der Waals surface area contributed by atoms with Crippen molar-refractivity contribution in [1.82, 2.24) is 5.32 Å². The average Bonchev–Trinajstić information content (AvgIpc) is 1.90. The van der Waals surface area contributed by atoms with E-state index in [0.717, 1.165) is 0 Å². The van der Waals surface area contributed by atoms with Gasteiger partial charge in [-0.3, -0.25) is 4.99 Å². The van der Waals surface area contributed by atoms with Crippen LogP contribution in [0.5, 0.6) is 0 Å². The Bertz CT molecular complexity index is 108. The maximum atomic E-state index is 3.78. The van der Waals surface area contributed by atoms with Crippen molar-refractivity contribution < 1.29 is 0 Å². The highest BCUT2D eigenvalue weighted by molar-refractivity contribution is 5.71.